The molecule has 0 bridgehead atoms. The number of hydrogen-bond donors (Lipinski definition) is 1. The summed E-state index contributed by atoms with van der Waals surface area (Å²) in [6.45, 7) is 7.17. The number of nitrogens with zero attached hydrogens (tertiary/aromatic N) is 2. The van der Waals surface area contributed by atoms with E-state index in [1.54, 1.807) is 0 Å². The Hall–Kier alpha value is -1.84. The maximum atomic E-state index is 11.9. The molecular weight excluding hydrogens is 262 g/mol. The number of aryl methyl sites for hydroxylation is 1. The van der Waals surface area contributed by atoms with E-state index in [2.05, 4.69) is 41.7 Å². The van der Waals surface area contributed by atoms with E-state index in [4.69, 9.17) is 0 Å². The first-order chi connectivity index (χ1) is 10.0. The number of benzene rings is 1. The molecule has 0 saturated carbocycles. The Bertz CT molecular complexity index is 628. The molecule has 0 radical (unpaired) electrons. The summed E-state index contributed by atoms with van der Waals surface area (Å²) in [5.74, 6) is 1.56. The molecule has 1 N–H and O–H groups in total. The molecule has 0 aliphatic carbocycles. The molecule has 0 aliphatic rings. The van der Waals surface area contributed by atoms with Crippen molar-refractivity contribution in [2.24, 2.45) is 7.05 Å². The average Bonchev–Trinajstić information content (AvgIpc) is 2.76. The Morgan fingerprint density at radius 2 is 2.14 bits per heavy atom. The highest BCUT2D eigenvalue weighted by Crippen LogP contribution is 2.21. The predicted octanol–water partition coefficient (Wildman–Crippen LogP) is 3.16. The molecule has 0 unspecified atom stereocenters. The van der Waals surface area contributed by atoms with Crippen molar-refractivity contribution in [3.8, 4) is 0 Å². The molecule has 0 atom stereocenters. The third kappa shape index (κ3) is 3.63. The minimum absolute atomic E-state index is 0.0859. The van der Waals surface area contributed by atoms with Gasteiger partial charge in [-0.15, -0.1) is 0 Å². The third-order valence-electron chi connectivity index (χ3n) is 3.71. The number of carbonyl (C=O) groups is 1. The molecule has 4 nitrogen and oxygen atoms in total. The van der Waals surface area contributed by atoms with E-state index in [1.165, 1.54) is 0 Å². The van der Waals surface area contributed by atoms with Gasteiger partial charge in [0.05, 0.1) is 17.5 Å². The summed E-state index contributed by atoms with van der Waals surface area (Å²) in [4.78, 5) is 16.6. The summed E-state index contributed by atoms with van der Waals surface area (Å²) in [6, 6.07) is 6.11. The molecule has 21 heavy (non-hydrogen) atoms. The molecule has 2 aromatic rings. The first kappa shape index (κ1) is 15.5. The standard InChI is InChI=1S/C17H25N3O/c1-5-6-9-18-16(21)11-13-7-8-15-14(10-13)19-17(12(2)3)20(15)4/h7-8,10,12H,5-6,9,11H2,1-4H3,(H,18,21). The number of aromatic nitrogens is 2. The zero-order valence-electron chi connectivity index (χ0n) is 13.4. The quantitative estimate of drug-likeness (QED) is 0.830. The van der Waals surface area contributed by atoms with Crippen LogP contribution in [0.3, 0.4) is 0 Å². The SMILES string of the molecule is CCCCNC(=O)Cc1ccc2c(c1)nc(C(C)C)n2C. The van der Waals surface area contributed by atoms with E-state index in [0.717, 1.165) is 41.8 Å². The number of unbranched alkanes of at least 4 members (excludes halogenated alkanes) is 1. The summed E-state index contributed by atoms with van der Waals surface area (Å²) in [6.07, 6.45) is 2.55. The first-order valence-corrected chi connectivity index (χ1v) is 7.74. The third-order valence-corrected chi connectivity index (χ3v) is 3.71. The molecule has 1 heterocycles. The molecule has 0 spiro atoms. The molecule has 114 valence electrons. The number of fused-ring (bicyclic) bond motifs is 1. The number of carbonyl (C=O) groups excluding carboxylic acids is 1. The monoisotopic (exact) mass is 287 g/mol. The molecule has 0 aliphatic heterocycles. The lowest BCUT2D eigenvalue weighted by Crippen LogP contribution is -2.25. The van der Waals surface area contributed by atoms with Crippen LogP contribution in [0.1, 0.15) is 50.9 Å². The molecule has 0 saturated heterocycles. The van der Waals surface area contributed by atoms with Crippen LogP contribution >= 0.6 is 0 Å². The van der Waals surface area contributed by atoms with Crippen LogP contribution in [0.2, 0.25) is 0 Å². The smallest absolute Gasteiger partial charge is 0.224 e. The molecule has 1 aromatic heterocycles. The number of imidazole rings is 1. The van der Waals surface area contributed by atoms with Gasteiger partial charge in [-0.1, -0.05) is 33.3 Å². The van der Waals surface area contributed by atoms with Gasteiger partial charge in [-0.3, -0.25) is 4.79 Å². The zero-order chi connectivity index (χ0) is 15.4. The van der Waals surface area contributed by atoms with Crippen molar-refractivity contribution in [2.45, 2.75) is 46.0 Å². The van der Waals surface area contributed by atoms with Gasteiger partial charge in [-0.2, -0.15) is 0 Å². The lowest BCUT2D eigenvalue weighted by Gasteiger charge is -2.05. The molecule has 1 amide bonds. The minimum atomic E-state index is 0.0859. The predicted molar refractivity (Wildman–Crippen MR) is 86.4 cm³/mol. The van der Waals surface area contributed by atoms with E-state index < -0.39 is 0 Å². The Morgan fingerprint density at radius 1 is 1.38 bits per heavy atom. The van der Waals surface area contributed by atoms with Gasteiger partial charge in [0, 0.05) is 19.5 Å². The fourth-order valence-corrected chi connectivity index (χ4v) is 2.54. The summed E-state index contributed by atoms with van der Waals surface area (Å²) in [5.41, 5.74) is 3.11. The van der Waals surface area contributed by atoms with E-state index in [9.17, 15) is 4.79 Å². The summed E-state index contributed by atoms with van der Waals surface area (Å²) in [7, 11) is 2.04. The number of rotatable bonds is 6. The number of amides is 1. The van der Waals surface area contributed by atoms with E-state index in [0.29, 0.717) is 12.3 Å². The molecule has 0 fully saturated rings. The van der Waals surface area contributed by atoms with Crippen molar-refractivity contribution in [1.82, 2.24) is 14.9 Å². The van der Waals surface area contributed by atoms with Crippen LogP contribution in [0.15, 0.2) is 18.2 Å². The minimum Gasteiger partial charge on any atom is -0.356 e. The largest absolute Gasteiger partial charge is 0.356 e. The fourth-order valence-electron chi connectivity index (χ4n) is 2.54. The highest BCUT2D eigenvalue weighted by molar-refractivity contribution is 5.82. The fraction of sp³-hybridized carbons (Fsp3) is 0.529. The van der Waals surface area contributed by atoms with Crippen LogP contribution in [0, 0.1) is 0 Å². The van der Waals surface area contributed by atoms with Crippen LogP contribution in [0.4, 0.5) is 0 Å². The molecular formula is C17H25N3O. The first-order valence-electron chi connectivity index (χ1n) is 7.74. The Labute approximate surface area is 126 Å². The van der Waals surface area contributed by atoms with E-state index in [1.807, 2.05) is 19.2 Å². The Morgan fingerprint density at radius 3 is 2.81 bits per heavy atom. The number of nitrogens with one attached hydrogen (secondary N) is 1. The van der Waals surface area contributed by atoms with E-state index >= 15 is 0 Å². The van der Waals surface area contributed by atoms with Gasteiger partial charge in [-0.25, -0.2) is 4.98 Å². The van der Waals surface area contributed by atoms with Crippen molar-refractivity contribution >= 4 is 16.9 Å². The maximum absolute atomic E-state index is 11.9. The van der Waals surface area contributed by atoms with Gasteiger partial charge in [0.2, 0.25) is 5.91 Å². The topological polar surface area (TPSA) is 46.9 Å². The van der Waals surface area contributed by atoms with Crippen LogP contribution in [-0.2, 0) is 18.3 Å². The average molecular weight is 287 g/mol. The van der Waals surface area contributed by atoms with Crippen molar-refractivity contribution in [1.29, 1.82) is 0 Å². The van der Waals surface area contributed by atoms with Crippen LogP contribution in [0.25, 0.3) is 11.0 Å². The second-order valence-corrected chi connectivity index (χ2v) is 5.89. The van der Waals surface area contributed by atoms with Gasteiger partial charge >= 0.3 is 0 Å². The highest BCUT2D eigenvalue weighted by atomic mass is 16.1. The lowest BCUT2D eigenvalue weighted by atomic mass is 10.1. The Kier molecular flexibility index (Phi) is 4.99. The zero-order valence-corrected chi connectivity index (χ0v) is 13.4. The van der Waals surface area contributed by atoms with Crippen molar-refractivity contribution in [2.75, 3.05) is 6.54 Å². The Balaban J connectivity index is 2.14. The van der Waals surface area contributed by atoms with Crippen LogP contribution in [-0.4, -0.2) is 22.0 Å². The van der Waals surface area contributed by atoms with Crippen molar-refractivity contribution in [3.05, 3.63) is 29.6 Å². The summed E-state index contributed by atoms with van der Waals surface area (Å²) >= 11 is 0. The maximum Gasteiger partial charge on any atom is 0.224 e. The second kappa shape index (κ2) is 6.74. The molecule has 2 rings (SSSR count). The van der Waals surface area contributed by atoms with Crippen molar-refractivity contribution < 1.29 is 4.79 Å². The highest BCUT2D eigenvalue weighted by Gasteiger charge is 2.12. The van der Waals surface area contributed by atoms with E-state index in [-0.39, 0.29) is 5.91 Å². The van der Waals surface area contributed by atoms with Gasteiger partial charge in [0.1, 0.15) is 5.82 Å². The van der Waals surface area contributed by atoms with Gasteiger partial charge in [0.25, 0.3) is 0 Å². The lowest BCUT2D eigenvalue weighted by molar-refractivity contribution is -0.120. The number of hydrogen-bond acceptors (Lipinski definition) is 2. The van der Waals surface area contributed by atoms with Crippen LogP contribution in [0.5, 0.6) is 0 Å². The van der Waals surface area contributed by atoms with Gasteiger partial charge < -0.3 is 9.88 Å². The van der Waals surface area contributed by atoms with Gasteiger partial charge in [-0.05, 0) is 24.1 Å². The normalized spacial score (nSPS) is 11.3. The van der Waals surface area contributed by atoms with Crippen LogP contribution < -0.4 is 5.32 Å². The molecule has 1 aromatic carbocycles. The summed E-state index contributed by atoms with van der Waals surface area (Å²) in [5, 5.41) is 2.95. The second-order valence-electron chi connectivity index (χ2n) is 5.89. The van der Waals surface area contributed by atoms with Gasteiger partial charge in [0.15, 0.2) is 0 Å². The summed E-state index contributed by atoms with van der Waals surface area (Å²) < 4.78 is 2.13. The van der Waals surface area contributed by atoms with Crippen molar-refractivity contribution in [3.63, 3.8) is 0 Å². The molecule has 4 heteroatoms.